The molecule has 1 saturated heterocycles. The summed E-state index contributed by atoms with van der Waals surface area (Å²) in [5, 5.41) is 6.69. The maximum absolute atomic E-state index is 11.0. The topological polar surface area (TPSA) is 105 Å². The number of alkyl carbamates (subject to hydrolysis) is 1. The largest absolute Gasteiger partial charge is 0.491 e. The molecule has 2 aromatic rings. The predicted octanol–water partition coefficient (Wildman–Crippen LogP) is 5.13. The van der Waals surface area contributed by atoms with Gasteiger partial charge in [-0.05, 0) is 49.4 Å². The molecule has 2 unspecified atom stereocenters. The van der Waals surface area contributed by atoms with Gasteiger partial charge in [0.15, 0.2) is 0 Å². The lowest BCUT2D eigenvalue weighted by atomic mass is 10.2. The number of hydrogen-bond donors (Lipinski definition) is 1. The van der Waals surface area contributed by atoms with Crippen LogP contribution in [-0.4, -0.2) is 82.8 Å². The molecule has 2 heterocycles. The number of ether oxygens (including phenoxy) is 6. The molecule has 1 N–H and O–H groups in total. The first kappa shape index (κ1) is 33.6. The van der Waals surface area contributed by atoms with E-state index in [1.807, 2.05) is 30.8 Å². The van der Waals surface area contributed by atoms with Gasteiger partial charge in [-0.1, -0.05) is 25.6 Å². The van der Waals surface area contributed by atoms with Crippen LogP contribution in [0.3, 0.4) is 0 Å². The summed E-state index contributed by atoms with van der Waals surface area (Å²) < 4.78 is 31.6. The van der Waals surface area contributed by atoms with Crippen LogP contribution in [0.4, 0.5) is 4.79 Å². The van der Waals surface area contributed by atoms with Crippen molar-refractivity contribution in [1.82, 2.24) is 5.32 Å². The van der Waals surface area contributed by atoms with E-state index in [4.69, 9.17) is 28.4 Å². The van der Waals surface area contributed by atoms with Crippen LogP contribution in [0.25, 0.3) is 0 Å². The summed E-state index contributed by atoms with van der Waals surface area (Å²) in [6.45, 7) is 12.5. The molecule has 1 aliphatic heterocycles. The molecule has 1 aliphatic rings. The Morgan fingerprint density at radius 2 is 1.93 bits per heavy atom. The van der Waals surface area contributed by atoms with Crippen LogP contribution in [-0.2, 0) is 34.9 Å². The number of nitrogens with one attached hydrogen (secondary N) is 1. The fraction of sp³-hybridized carbons (Fsp3) is 0.517. The van der Waals surface area contributed by atoms with E-state index >= 15 is 0 Å². The van der Waals surface area contributed by atoms with Gasteiger partial charge < -0.3 is 33.7 Å². The highest BCUT2D eigenvalue weighted by molar-refractivity contribution is 7.99. The van der Waals surface area contributed by atoms with Crippen molar-refractivity contribution in [3.05, 3.63) is 58.8 Å². The quantitative estimate of drug-likeness (QED) is 0.0825. The van der Waals surface area contributed by atoms with Crippen molar-refractivity contribution in [3.8, 4) is 5.75 Å². The lowest BCUT2D eigenvalue weighted by Gasteiger charge is -2.18. The number of thioether (sulfide) groups is 1. The first-order valence-corrected chi connectivity index (χ1v) is 15.2. The zero-order valence-corrected chi connectivity index (χ0v) is 25.2. The van der Waals surface area contributed by atoms with Crippen LogP contribution >= 0.6 is 23.1 Å². The predicted molar refractivity (Wildman–Crippen MR) is 157 cm³/mol. The highest BCUT2D eigenvalue weighted by Gasteiger charge is 2.24. The van der Waals surface area contributed by atoms with E-state index < -0.39 is 12.1 Å². The Morgan fingerprint density at radius 3 is 2.55 bits per heavy atom. The molecule has 0 bridgehead atoms. The number of benzene rings is 1. The second kappa shape index (κ2) is 20.3. The number of thiophene rings is 1. The number of esters is 1. The molecule has 222 valence electrons. The van der Waals surface area contributed by atoms with Crippen LogP contribution in [0, 0.1) is 0 Å². The molecule has 0 aliphatic carbocycles. The number of aryl methyl sites for hydroxylation is 1. The molecule has 0 radical (unpaired) electrons. The molecule has 11 heteroatoms. The molecule has 40 heavy (non-hydrogen) atoms. The molecule has 1 aromatic carbocycles. The van der Waals surface area contributed by atoms with E-state index in [1.165, 1.54) is 10.5 Å². The van der Waals surface area contributed by atoms with Crippen LogP contribution in [0.5, 0.6) is 5.75 Å². The van der Waals surface area contributed by atoms with Gasteiger partial charge in [0.25, 0.3) is 0 Å². The molecule has 1 fully saturated rings. The summed E-state index contributed by atoms with van der Waals surface area (Å²) >= 11 is 3.53. The minimum atomic E-state index is -0.559. The highest BCUT2D eigenvalue weighted by atomic mass is 32.2. The fourth-order valence-corrected chi connectivity index (χ4v) is 4.67. The van der Waals surface area contributed by atoms with E-state index in [9.17, 15) is 9.59 Å². The SMILES string of the molecule is C=C(C)C(=O)OCCNC(=O)OCCOCC.CCc1ccc(OCC(CSc2ccsc2)OCC2CO2)cc1. The third kappa shape index (κ3) is 15.9. The van der Waals surface area contributed by atoms with Crippen molar-refractivity contribution in [2.24, 2.45) is 0 Å². The Bertz CT molecular complexity index is 980. The van der Waals surface area contributed by atoms with E-state index in [1.54, 1.807) is 18.3 Å². The highest BCUT2D eigenvalue weighted by Crippen LogP contribution is 2.23. The van der Waals surface area contributed by atoms with Gasteiger partial charge >= 0.3 is 12.1 Å². The smallest absolute Gasteiger partial charge is 0.407 e. The maximum Gasteiger partial charge on any atom is 0.407 e. The average molecular weight is 596 g/mol. The van der Waals surface area contributed by atoms with Gasteiger partial charge in [-0.15, -0.1) is 11.8 Å². The third-order valence-electron chi connectivity index (χ3n) is 5.24. The molecule has 0 spiro atoms. The minimum Gasteiger partial charge on any atom is -0.491 e. The minimum absolute atomic E-state index is 0.0648. The summed E-state index contributed by atoms with van der Waals surface area (Å²) in [7, 11) is 0. The van der Waals surface area contributed by atoms with Gasteiger partial charge in [0, 0.05) is 28.2 Å². The Labute approximate surface area is 245 Å². The number of hydrogen-bond acceptors (Lipinski definition) is 10. The lowest BCUT2D eigenvalue weighted by Crippen LogP contribution is -2.29. The molecular formula is C29H41NO8S2. The zero-order valence-electron chi connectivity index (χ0n) is 23.6. The monoisotopic (exact) mass is 595 g/mol. The average Bonchev–Trinajstić information content (AvgIpc) is 3.65. The molecule has 9 nitrogen and oxygen atoms in total. The van der Waals surface area contributed by atoms with Crippen LogP contribution in [0.15, 0.2) is 58.1 Å². The molecular weight excluding hydrogens is 554 g/mol. The van der Waals surface area contributed by atoms with Crippen molar-refractivity contribution in [2.45, 2.75) is 44.3 Å². The number of carbonyl (C=O) groups excluding carboxylic acids is 2. The van der Waals surface area contributed by atoms with E-state index in [-0.39, 0.29) is 32.0 Å². The van der Waals surface area contributed by atoms with Gasteiger partial charge in [0.2, 0.25) is 0 Å². The van der Waals surface area contributed by atoms with Crippen molar-refractivity contribution in [2.75, 3.05) is 58.5 Å². The maximum atomic E-state index is 11.0. The van der Waals surface area contributed by atoms with Gasteiger partial charge in [-0.2, -0.15) is 11.3 Å². The van der Waals surface area contributed by atoms with E-state index in [0.29, 0.717) is 32.0 Å². The standard InChI is InChI=1S/C18H22O3S2.C11H19NO5/c1-2-14-3-5-15(6-4-14)19-11-17(21-10-16-9-20-16)12-23-18-7-8-22-13-18;1-4-15-7-8-17-11(14)12-5-6-16-10(13)9(2)3/h3-8,13,16-17H,2,9-12H2,1H3;2,4-8H2,1,3H3,(H,12,14). The van der Waals surface area contributed by atoms with Crippen LogP contribution < -0.4 is 10.1 Å². The Kier molecular flexibility index (Phi) is 17.1. The van der Waals surface area contributed by atoms with Crippen molar-refractivity contribution in [1.29, 1.82) is 0 Å². The van der Waals surface area contributed by atoms with Gasteiger partial charge in [0.05, 0.1) is 26.4 Å². The fourth-order valence-electron chi connectivity index (χ4n) is 2.89. The lowest BCUT2D eigenvalue weighted by molar-refractivity contribution is -0.138. The first-order valence-electron chi connectivity index (χ1n) is 13.3. The summed E-state index contributed by atoms with van der Waals surface area (Å²) in [5.41, 5.74) is 1.65. The molecule has 2 atom stereocenters. The summed E-state index contributed by atoms with van der Waals surface area (Å²) in [6, 6.07) is 10.4. The molecule has 0 saturated carbocycles. The second-order valence-corrected chi connectivity index (χ2v) is 10.5. The summed E-state index contributed by atoms with van der Waals surface area (Å²) in [6.07, 6.45) is 0.837. The number of rotatable bonds is 18. The molecule has 1 amide bonds. The van der Waals surface area contributed by atoms with Crippen LogP contribution in [0.2, 0.25) is 0 Å². The summed E-state index contributed by atoms with van der Waals surface area (Å²) in [5.74, 6) is 1.31. The third-order valence-corrected chi connectivity index (χ3v) is 7.19. The van der Waals surface area contributed by atoms with Gasteiger partial charge in [0.1, 0.15) is 37.8 Å². The first-order chi connectivity index (χ1) is 19.4. The zero-order chi connectivity index (χ0) is 29.0. The number of epoxide rings is 1. The van der Waals surface area contributed by atoms with Gasteiger partial charge in [-0.25, -0.2) is 9.59 Å². The van der Waals surface area contributed by atoms with E-state index in [2.05, 4.69) is 47.8 Å². The summed E-state index contributed by atoms with van der Waals surface area (Å²) in [4.78, 5) is 23.3. The Balaban J connectivity index is 0.000000296. The van der Waals surface area contributed by atoms with Gasteiger partial charge in [-0.3, -0.25) is 0 Å². The number of carbonyl (C=O) groups is 2. The van der Waals surface area contributed by atoms with Crippen molar-refractivity contribution >= 4 is 35.2 Å². The Morgan fingerprint density at radius 1 is 1.15 bits per heavy atom. The Hall–Kier alpha value is -2.57. The van der Waals surface area contributed by atoms with Crippen molar-refractivity contribution < 1.29 is 38.0 Å². The van der Waals surface area contributed by atoms with Crippen LogP contribution in [0.1, 0.15) is 26.3 Å². The molecule has 3 rings (SSSR count). The van der Waals surface area contributed by atoms with Crippen molar-refractivity contribution in [3.63, 3.8) is 0 Å². The second-order valence-electron chi connectivity index (χ2n) is 8.67. The normalized spacial score (nSPS) is 14.3. The number of amides is 1. The molecule has 1 aromatic heterocycles. The van der Waals surface area contributed by atoms with E-state index in [0.717, 1.165) is 24.5 Å².